The van der Waals surface area contributed by atoms with Gasteiger partial charge in [-0.15, -0.1) is 0 Å². The van der Waals surface area contributed by atoms with Crippen LogP contribution in [0.1, 0.15) is 23.7 Å². The minimum Gasteiger partial charge on any atom is -0.324 e. The molecule has 0 radical (unpaired) electrons. The van der Waals surface area contributed by atoms with Crippen LogP contribution in [0, 0.1) is 0 Å². The molecule has 0 bridgehead atoms. The molecule has 2 N–H and O–H groups in total. The third-order valence-corrected chi connectivity index (χ3v) is 3.38. The van der Waals surface area contributed by atoms with Crippen molar-refractivity contribution in [3.05, 3.63) is 29.8 Å². The fourth-order valence-electron chi connectivity index (χ4n) is 2.35. The molecule has 108 valence electrons. The van der Waals surface area contributed by atoms with Crippen LogP contribution < -0.4 is 10.6 Å². The van der Waals surface area contributed by atoms with Crippen LogP contribution in [0.2, 0.25) is 0 Å². The molecule has 1 saturated heterocycles. The second-order valence-corrected chi connectivity index (χ2v) is 5.03. The number of para-hydroxylation sites is 1. The predicted octanol–water partition coefficient (Wildman–Crippen LogP) is 1.12. The molecular formula is C15H21N3O2. The van der Waals surface area contributed by atoms with Gasteiger partial charge in [-0.25, -0.2) is 0 Å². The molecule has 20 heavy (non-hydrogen) atoms. The fourth-order valence-corrected chi connectivity index (χ4v) is 2.35. The Bertz CT molecular complexity index is 480. The Morgan fingerprint density at radius 2 is 2.05 bits per heavy atom. The van der Waals surface area contributed by atoms with Crippen molar-refractivity contribution in [1.82, 2.24) is 10.2 Å². The van der Waals surface area contributed by atoms with Crippen LogP contribution in [0.15, 0.2) is 24.3 Å². The zero-order chi connectivity index (χ0) is 14.4. The largest absolute Gasteiger partial charge is 0.324 e. The number of hydrogen-bond donors (Lipinski definition) is 2. The number of rotatable bonds is 4. The summed E-state index contributed by atoms with van der Waals surface area (Å²) in [7, 11) is 0. The summed E-state index contributed by atoms with van der Waals surface area (Å²) >= 11 is 0. The van der Waals surface area contributed by atoms with Gasteiger partial charge in [0.25, 0.3) is 0 Å². The van der Waals surface area contributed by atoms with E-state index in [-0.39, 0.29) is 11.7 Å². The maximum atomic E-state index is 12.1. The molecule has 5 heteroatoms. The first-order chi connectivity index (χ1) is 9.66. The lowest BCUT2D eigenvalue weighted by Crippen LogP contribution is -2.35. The highest BCUT2D eigenvalue weighted by molar-refractivity contribution is 6.04. The van der Waals surface area contributed by atoms with Crippen molar-refractivity contribution in [1.29, 1.82) is 0 Å². The topological polar surface area (TPSA) is 61.4 Å². The van der Waals surface area contributed by atoms with E-state index in [1.165, 1.54) is 6.92 Å². The first-order valence-corrected chi connectivity index (χ1v) is 6.99. The molecule has 1 heterocycles. The summed E-state index contributed by atoms with van der Waals surface area (Å²) in [6.45, 7) is 5.60. The van der Waals surface area contributed by atoms with Crippen LogP contribution in [0.5, 0.6) is 0 Å². The number of nitrogens with zero attached hydrogens (tertiary/aromatic N) is 1. The summed E-state index contributed by atoms with van der Waals surface area (Å²) < 4.78 is 0. The van der Waals surface area contributed by atoms with Crippen molar-refractivity contribution in [2.24, 2.45) is 0 Å². The smallest absolute Gasteiger partial charge is 0.238 e. The Hall–Kier alpha value is -1.72. The van der Waals surface area contributed by atoms with E-state index >= 15 is 0 Å². The van der Waals surface area contributed by atoms with Crippen LogP contribution in [0.25, 0.3) is 0 Å². The number of carbonyl (C=O) groups excluding carboxylic acids is 2. The van der Waals surface area contributed by atoms with Crippen molar-refractivity contribution >= 4 is 17.4 Å². The van der Waals surface area contributed by atoms with Crippen molar-refractivity contribution in [3.63, 3.8) is 0 Å². The molecule has 0 spiro atoms. The lowest BCUT2D eigenvalue weighted by Gasteiger charge is -2.19. The van der Waals surface area contributed by atoms with Gasteiger partial charge in [0.1, 0.15) is 0 Å². The standard InChI is InChI=1S/C15H21N3O2/c1-12(19)13-5-2-3-6-14(13)17-15(20)11-18-9-4-7-16-8-10-18/h2-3,5-6,16H,4,7-11H2,1H3,(H,17,20). The summed E-state index contributed by atoms with van der Waals surface area (Å²) in [5.41, 5.74) is 1.15. The lowest BCUT2D eigenvalue weighted by atomic mass is 10.1. The molecule has 1 aromatic carbocycles. The molecule has 0 unspecified atom stereocenters. The number of Topliss-reactive ketones (excluding diaryl/α,β-unsaturated/α-hetero) is 1. The van der Waals surface area contributed by atoms with Crippen molar-refractivity contribution in [3.8, 4) is 0 Å². The van der Waals surface area contributed by atoms with Crippen LogP contribution in [0.3, 0.4) is 0 Å². The first kappa shape index (κ1) is 14.7. The fraction of sp³-hybridized carbons (Fsp3) is 0.467. The van der Waals surface area contributed by atoms with Gasteiger partial charge in [0.15, 0.2) is 5.78 Å². The van der Waals surface area contributed by atoms with Crippen LogP contribution >= 0.6 is 0 Å². The second kappa shape index (κ2) is 7.17. The molecule has 0 atom stereocenters. The molecule has 0 aliphatic carbocycles. The SMILES string of the molecule is CC(=O)c1ccccc1NC(=O)CN1CCCNCC1. The van der Waals surface area contributed by atoms with E-state index in [0.717, 1.165) is 32.6 Å². The molecule has 1 fully saturated rings. The van der Waals surface area contributed by atoms with Crippen molar-refractivity contribution in [2.45, 2.75) is 13.3 Å². The number of benzene rings is 1. The number of carbonyl (C=O) groups is 2. The zero-order valence-electron chi connectivity index (χ0n) is 11.8. The van der Waals surface area contributed by atoms with Gasteiger partial charge >= 0.3 is 0 Å². The van der Waals surface area contributed by atoms with E-state index in [9.17, 15) is 9.59 Å². The summed E-state index contributed by atoms with van der Waals surface area (Å²) in [4.78, 5) is 25.7. The maximum absolute atomic E-state index is 12.1. The average Bonchev–Trinajstić information content (AvgIpc) is 2.67. The van der Waals surface area contributed by atoms with Crippen LogP contribution in [-0.4, -0.2) is 49.3 Å². The maximum Gasteiger partial charge on any atom is 0.238 e. The Balaban J connectivity index is 1.95. The minimum atomic E-state index is -0.0689. The van der Waals surface area contributed by atoms with E-state index in [2.05, 4.69) is 15.5 Å². The molecule has 5 nitrogen and oxygen atoms in total. The Labute approximate surface area is 119 Å². The van der Waals surface area contributed by atoms with Gasteiger partial charge in [-0.05, 0) is 38.6 Å². The Morgan fingerprint density at radius 1 is 1.25 bits per heavy atom. The van der Waals surface area contributed by atoms with Gasteiger partial charge in [0.2, 0.25) is 5.91 Å². The van der Waals surface area contributed by atoms with E-state index in [4.69, 9.17) is 0 Å². The second-order valence-electron chi connectivity index (χ2n) is 5.03. The van der Waals surface area contributed by atoms with E-state index in [0.29, 0.717) is 17.8 Å². The van der Waals surface area contributed by atoms with E-state index < -0.39 is 0 Å². The van der Waals surface area contributed by atoms with Gasteiger partial charge in [0.05, 0.1) is 12.2 Å². The normalized spacial score (nSPS) is 16.4. The molecule has 2 rings (SSSR count). The number of hydrogen-bond acceptors (Lipinski definition) is 4. The highest BCUT2D eigenvalue weighted by Gasteiger charge is 2.14. The molecule has 1 aromatic rings. The summed E-state index contributed by atoms with van der Waals surface area (Å²) in [5.74, 6) is -0.111. The van der Waals surface area contributed by atoms with Gasteiger partial charge < -0.3 is 10.6 Å². The van der Waals surface area contributed by atoms with E-state index in [1.54, 1.807) is 18.2 Å². The van der Waals surface area contributed by atoms with E-state index in [1.807, 2.05) is 6.07 Å². The van der Waals surface area contributed by atoms with Crippen molar-refractivity contribution < 1.29 is 9.59 Å². The van der Waals surface area contributed by atoms with Crippen molar-refractivity contribution in [2.75, 3.05) is 38.0 Å². The highest BCUT2D eigenvalue weighted by atomic mass is 16.2. The summed E-state index contributed by atoms with van der Waals surface area (Å²) in [6.07, 6.45) is 1.05. The molecule has 0 saturated carbocycles. The number of anilines is 1. The molecule has 1 aliphatic rings. The van der Waals surface area contributed by atoms with Gasteiger partial charge in [0, 0.05) is 18.7 Å². The lowest BCUT2D eigenvalue weighted by molar-refractivity contribution is -0.117. The summed E-state index contributed by atoms with van der Waals surface area (Å²) in [6, 6.07) is 7.11. The van der Waals surface area contributed by atoms with Crippen LogP contribution in [0.4, 0.5) is 5.69 Å². The highest BCUT2D eigenvalue weighted by Crippen LogP contribution is 2.15. The van der Waals surface area contributed by atoms with Gasteiger partial charge in [-0.2, -0.15) is 0 Å². The van der Waals surface area contributed by atoms with Gasteiger partial charge in [-0.3, -0.25) is 14.5 Å². The monoisotopic (exact) mass is 275 g/mol. The Kier molecular flexibility index (Phi) is 5.26. The zero-order valence-corrected chi connectivity index (χ0v) is 11.8. The number of ketones is 1. The number of amides is 1. The predicted molar refractivity (Wildman–Crippen MR) is 79.0 cm³/mol. The Morgan fingerprint density at radius 3 is 2.85 bits per heavy atom. The quantitative estimate of drug-likeness (QED) is 0.809. The third kappa shape index (κ3) is 4.15. The first-order valence-electron chi connectivity index (χ1n) is 6.99. The minimum absolute atomic E-state index is 0.0418. The third-order valence-electron chi connectivity index (χ3n) is 3.38. The molecule has 1 amide bonds. The molecular weight excluding hydrogens is 254 g/mol. The van der Waals surface area contributed by atoms with Crippen LogP contribution in [-0.2, 0) is 4.79 Å². The molecule has 1 aliphatic heterocycles. The van der Waals surface area contributed by atoms with Gasteiger partial charge in [-0.1, -0.05) is 12.1 Å². The summed E-state index contributed by atoms with van der Waals surface area (Å²) in [5, 5.41) is 6.14. The number of nitrogens with one attached hydrogen (secondary N) is 2. The average molecular weight is 275 g/mol. The molecule has 0 aromatic heterocycles.